The number of amides is 1. The molecule has 1 saturated heterocycles. The van der Waals surface area contributed by atoms with Crippen molar-refractivity contribution in [2.75, 3.05) is 0 Å². The van der Waals surface area contributed by atoms with Gasteiger partial charge in [0.1, 0.15) is 6.04 Å². The van der Waals surface area contributed by atoms with Gasteiger partial charge < -0.3 is 10.8 Å². The van der Waals surface area contributed by atoms with Gasteiger partial charge in [0.05, 0.1) is 0 Å². The van der Waals surface area contributed by atoms with E-state index < -0.39 is 11.9 Å². The summed E-state index contributed by atoms with van der Waals surface area (Å²) in [6.45, 7) is 0.622. The van der Waals surface area contributed by atoms with E-state index in [2.05, 4.69) is 4.90 Å². The minimum Gasteiger partial charge on any atom is -0.480 e. The summed E-state index contributed by atoms with van der Waals surface area (Å²) in [6.07, 6.45) is 5.40. The Balaban J connectivity index is 1.78. The molecule has 118 valence electrons. The molecule has 1 aromatic rings. The Hall–Kier alpha value is -1.88. The number of rotatable bonds is 4. The quantitative estimate of drug-likeness (QED) is 0.891. The van der Waals surface area contributed by atoms with E-state index in [1.54, 1.807) is 12.1 Å². The number of carbonyl (C=O) groups is 2. The Kier molecular flexibility index (Phi) is 4.16. The number of aliphatic carboxylic acids is 1. The van der Waals surface area contributed by atoms with Crippen LogP contribution in [0.4, 0.5) is 0 Å². The third-order valence-electron chi connectivity index (χ3n) is 5.11. The van der Waals surface area contributed by atoms with Gasteiger partial charge in [0.25, 0.3) is 0 Å². The van der Waals surface area contributed by atoms with E-state index in [4.69, 9.17) is 5.73 Å². The third-order valence-corrected chi connectivity index (χ3v) is 5.11. The van der Waals surface area contributed by atoms with Crippen LogP contribution in [0.3, 0.4) is 0 Å². The van der Waals surface area contributed by atoms with Crippen molar-refractivity contribution in [1.82, 2.24) is 4.90 Å². The summed E-state index contributed by atoms with van der Waals surface area (Å²) < 4.78 is 0. The highest BCUT2D eigenvalue weighted by Crippen LogP contribution is 2.40. The lowest BCUT2D eigenvalue weighted by Gasteiger charge is -2.33. The van der Waals surface area contributed by atoms with Crippen molar-refractivity contribution in [3.63, 3.8) is 0 Å². The van der Waals surface area contributed by atoms with Gasteiger partial charge in [-0.2, -0.15) is 0 Å². The van der Waals surface area contributed by atoms with E-state index >= 15 is 0 Å². The van der Waals surface area contributed by atoms with Crippen molar-refractivity contribution in [3.8, 4) is 0 Å². The Morgan fingerprint density at radius 3 is 2.50 bits per heavy atom. The average molecular weight is 302 g/mol. The highest BCUT2D eigenvalue weighted by molar-refractivity contribution is 5.92. The van der Waals surface area contributed by atoms with Crippen molar-refractivity contribution in [2.45, 2.75) is 50.7 Å². The number of hydrogen-bond donors (Lipinski definition) is 2. The molecule has 1 saturated carbocycles. The van der Waals surface area contributed by atoms with E-state index in [1.807, 2.05) is 12.1 Å². The summed E-state index contributed by atoms with van der Waals surface area (Å²) in [5.74, 6) is -0.647. The molecule has 3 atom stereocenters. The molecule has 3 N–H and O–H groups in total. The molecule has 22 heavy (non-hydrogen) atoms. The van der Waals surface area contributed by atoms with Gasteiger partial charge in [0.15, 0.2) is 0 Å². The predicted octanol–water partition coefficient (Wildman–Crippen LogP) is 2.00. The normalized spacial score (nSPS) is 28.3. The van der Waals surface area contributed by atoms with Crippen LogP contribution >= 0.6 is 0 Å². The van der Waals surface area contributed by atoms with Gasteiger partial charge in [-0.05, 0) is 42.9 Å². The van der Waals surface area contributed by atoms with Gasteiger partial charge in [-0.15, -0.1) is 0 Å². The second-order valence-electron chi connectivity index (χ2n) is 6.44. The number of likely N-dealkylation sites (tertiary alicyclic amines) is 1. The van der Waals surface area contributed by atoms with Crippen LogP contribution in [0.5, 0.6) is 0 Å². The first-order chi connectivity index (χ1) is 10.6. The maximum atomic E-state index is 11.6. The number of primary amides is 1. The zero-order valence-corrected chi connectivity index (χ0v) is 12.6. The number of nitrogens with zero attached hydrogens (tertiary/aromatic N) is 1. The third kappa shape index (κ3) is 2.86. The lowest BCUT2D eigenvalue weighted by molar-refractivity contribution is -0.142. The lowest BCUT2D eigenvalue weighted by Crippen LogP contribution is -2.41. The summed E-state index contributed by atoms with van der Waals surface area (Å²) in [5, 5.41) is 9.52. The van der Waals surface area contributed by atoms with Crippen molar-refractivity contribution >= 4 is 11.9 Å². The van der Waals surface area contributed by atoms with Crippen LogP contribution in [0.2, 0.25) is 0 Å². The van der Waals surface area contributed by atoms with Gasteiger partial charge in [0.2, 0.25) is 5.91 Å². The van der Waals surface area contributed by atoms with E-state index in [1.165, 1.54) is 12.8 Å². The number of hydrogen-bond acceptors (Lipinski definition) is 3. The first-order valence-electron chi connectivity index (χ1n) is 7.93. The Labute approximate surface area is 130 Å². The van der Waals surface area contributed by atoms with Crippen LogP contribution in [0, 0.1) is 5.92 Å². The molecule has 1 aliphatic carbocycles. The van der Waals surface area contributed by atoms with E-state index in [0.29, 0.717) is 24.1 Å². The maximum Gasteiger partial charge on any atom is 0.320 e. The molecule has 3 rings (SSSR count). The standard InChI is InChI=1S/C17H22N2O3/c18-16(20)12-7-5-11(6-8-12)10-19-14-4-2-1-3-13(14)9-15(19)17(21)22/h5-8,13-15H,1-4,9-10H2,(H2,18,20)(H,21,22)/t13-,14-,15+/m1/s1. The highest BCUT2D eigenvalue weighted by Gasteiger charge is 2.44. The van der Waals surface area contributed by atoms with E-state index in [9.17, 15) is 14.7 Å². The fourth-order valence-electron chi connectivity index (χ4n) is 4.01. The van der Waals surface area contributed by atoms with Crippen LogP contribution in [-0.4, -0.2) is 34.0 Å². The zero-order valence-electron chi connectivity index (χ0n) is 12.6. The molecular weight excluding hydrogens is 280 g/mol. The van der Waals surface area contributed by atoms with Gasteiger partial charge >= 0.3 is 5.97 Å². The van der Waals surface area contributed by atoms with E-state index in [-0.39, 0.29) is 6.04 Å². The monoisotopic (exact) mass is 302 g/mol. The topological polar surface area (TPSA) is 83.6 Å². The first kappa shape index (κ1) is 15.0. The van der Waals surface area contributed by atoms with Crippen LogP contribution < -0.4 is 5.73 Å². The molecule has 0 radical (unpaired) electrons. The van der Waals surface area contributed by atoms with Crippen LogP contribution in [-0.2, 0) is 11.3 Å². The second-order valence-corrected chi connectivity index (χ2v) is 6.44. The zero-order chi connectivity index (χ0) is 15.7. The van der Waals surface area contributed by atoms with Crippen molar-refractivity contribution in [3.05, 3.63) is 35.4 Å². The summed E-state index contributed by atoms with van der Waals surface area (Å²) in [5.41, 5.74) is 6.76. The van der Waals surface area contributed by atoms with Crippen molar-refractivity contribution in [1.29, 1.82) is 0 Å². The molecule has 0 aromatic heterocycles. The van der Waals surface area contributed by atoms with Crippen LogP contribution in [0.15, 0.2) is 24.3 Å². The summed E-state index contributed by atoms with van der Waals surface area (Å²) >= 11 is 0. The number of nitrogens with two attached hydrogens (primary N) is 1. The largest absolute Gasteiger partial charge is 0.480 e. The Bertz CT molecular complexity index is 570. The molecular formula is C17H22N2O3. The highest BCUT2D eigenvalue weighted by atomic mass is 16.4. The fourth-order valence-corrected chi connectivity index (χ4v) is 4.01. The average Bonchev–Trinajstić information content (AvgIpc) is 2.87. The molecule has 1 aliphatic heterocycles. The minimum atomic E-state index is -0.719. The number of carbonyl (C=O) groups excluding carboxylic acids is 1. The first-order valence-corrected chi connectivity index (χ1v) is 7.93. The van der Waals surface area contributed by atoms with Crippen LogP contribution in [0.25, 0.3) is 0 Å². The molecule has 0 spiro atoms. The predicted molar refractivity (Wildman–Crippen MR) is 82.3 cm³/mol. The number of fused-ring (bicyclic) bond motifs is 1. The molecule has 5 heteroatoms. The van der Waals surface area contributed by atoms with Gasteiger partial charge in [0, 0.05) is 18.2 Å². The number of carboxylic acid groups (broad SMARTS) is 1. The van der Waals surface area contributed by atoms with Gasteiger partial charge in [-0.3, -0.25) is 14.5 Å². The molecule has 0 unspecified atom stereocenters. The minimum absolute atomic E-state index is 0.380. The summed E-state index contributed by atoms with van der Waals surface area (Å²) in [6, 6.07) is 7.16. The number of benzene rings is 1. The molecule has 5 nitrogen and oxygen atoms in total. The van der Waals surface area contributed by atoms with E-state index in [0.717, 1.165) is 24.8 Å². The number of carboxylic acids is 1. The Morgan fingerprint density at radius 2 is 1.86 bits per heavy atom. The molecule has 0 bridgehead atoms. The maximum absolute atomic E-state index is 11.6. The fraction of sp³-hybridized carbons (Fsp3) is 0.529. The second kappa shape index (κ2) is 6.08. The molecule has 2 fully saturated rings. The van der Waals surface area contributed by atoms with Crippen molar-refractivity contribution in [2.24, 2.45) is 11.7 Å². The summed E-state index contributed by atoms with van der Waals surface area (Å²) in [4.78, 5) is 24.9. The molecule has 1 aromatic carbocycles. The SMILES string of the molecule is NC(=O)c1ccc(CN2[C@@H]3CCCC[C@@H]3C[C@H]2C(=O)O)cc1. The van der Waals surface area contributed by atoms with Gasteiger partial charge in [-0.25, -0.2) is 0 Å². The lowest BCUT2D eigenvalue weighted by atomic mass is 9.84. The van der Waals surface area contributed by atoms with Crippen LogP contribution in [0.1, 0.15) is 48.0 Å². The molecule has 2 aliphatic rings. The molecule has 1 heterocycles. The smallest absolute Gasteiger partial charge is 0.320 e. The summed E-state index contributed by atoms with van der Waals surface area (Å²) in [7, 11) is 0. The van der Waals surface area contributed by atoms with Gasteiger partial charge in [-0.1, -0.05) is 25.0 Å². The molecule has 1 amide bonds. The Morgan fingerprint density at radius 1 is 1.18 bits per heavy atom. The van der Waals surface area contributed by atoms with Crippen molar-refractivity contribution < 1.29 is 14.7 Å².